The molecule has 0 spiro atoms. The molecule has 1 aromatic heterocycles. The Hall–Kier alpha value is -3.14. The molecule has 0 unspecified atom stereocenters. The highest BCUT2D eigenvalue weighted by molar-refractivity contribution is 7.93. The summed E-state index contributed by atoms with van der Waals surface area (Å²) in [4.78, 5) is 21.6. The van der Waals surface area contributed by atoms with Gasteiger partial charge < -0.3 is 10.4 Å². The Morgan fingerprint density at radius 2 is 1.61 bits per heavy atom. The summed E-state index contributed by atoms with van der Waals surface area (Å²) in [6.45, 7) is 4.00. The van der Waals surface area contributed by atoms with Crippen molar-refractivity contribution >= 4 is 54.1 Å². The fraction of sp³-hybridized carbons (Fsp3) is 0.125. The standard InChI is InChI=1S/C12H11N5O7S3.C4H8/c13-26(21,22)12-16-15-11(25-12)17-27(23,24)8-3-1-7(2-4-8)14-9(18)5-6-10(19)20;1-3-4-2/h1-6H,(H,14,18)(H,15,17)(H,19,20)(H2,13,21,22);3-4H,1-2H3/b6-5-;4-3-. The number of nitrogens with two attached hydrogens (primary N) is 1. The number of amides is 1. The van der Waals surface area contributed by atoms with Crippen molar-refractivity contribution in [2.45, 2.75) is 23.1 Å². The maximum atomic E-state index is 12.3. The number of carbonyl (C=O) groups excluding carboxylic acids is 1. The predicted octanol–water partition coefficient (Wildman–Crippen LogP) is 1.15. The van der Waals surface area contributed by atoms with Gasteiger partial charge in [0.25, 0.3) is 20.0 Å². The molecule has 168 valence electrons. The molecule has 0 fully saturated rings. The average molecular weight is 490 g/mol. The van der Waals surface area contributed by atoms with Crippen molar-refractivity contribution in [3.8, 4) is 0 Å². The van der Waals surface area contributed by atoms with Gasteiger partial charge in [-0.05, 0) is 38.1 Å². The van der Waals surface area contributed by atoms with Gasteiger partial charge in [0.1, 0.15) is 0 Å². The molecule has 1 amide bonds. The summed E-state index contributed by atoms with van der Waals surface area (Å²) in [5.41, 5.74) is 0.224. The topological polar surface area (TPSA) is 199 Å². The summed E-state index contributed by atoms with van der Waals surface area (Å²) in [5.74, 6) is -2.00. The number of allylic oxidation sites excluding steroid dienone is 2. The van der Waals surface area contributed by atoms with E-state index in [2.05, 4.69) is 20.2 Å². The second-order valence-electron chi connectivity index (χ2n) is 5.38. The normalized spacial score (nSPS) is 11.7. The average Bonchev–Trinajstić information content (AvgIpc) is 3.15. The molecule has 5 N–H and O–H groups in total. The molecule has 2 aromatic rings. The lowest BCUT2D eigenvalue weighted by Crippen LogP contribution is -2.13. The Morgan fingerprint density at radius 1 is 1.03 bits per heavy atom. The number of carboxylic acid groups (broad SMARTS) is 1. The Labute approximate surface area is 182 Å². The van der Waals surface area contributed by atoms with E-state index in [4.69, 9.17) is 10.2 Å². The lowest BCUT2D eigenvalue weighted by molar-refractivity contribution is -0.131. The van der Waals surface area contributed by atoms with Crippen LogP contribution in [-0.4, -0.2) is 44.0 Å². The van der Waals surface area contributed by atoms with Crippen LogP contribution in [0.1, 0.15) is 13.8 Å². The van der Waals surface area contributed by atoms with Crippen molar-refractivity contribution < 1.29 is 31.5 Å². The third-order valence-corrected chi connectivity index (χ3v) is 6.65. The Bertz CT molecular complexity index is 1180. The quantitative estimate of drug-likeness (QED) is 0.325. The molecule has 0 saturated heterocycles. The molecule has 12 nitrogen and oxygen atoms in total. The summed E-state index contributed by atoms with van der Waals surface area (Å²) in [6.07, 6.45) is 5.45. The monoisotopic (exact) mass is 489 g/mol. The van der Waals surface area contributed by atoms with Crippen molar-refractivity contribution in [1.29, 1.82) is 0 Å². The van der Waals surface area contributed by atoms with E-state index < -0.39 is 36.3 Å². The maximum absolute atomic E-state index is 12.3. The molecule has 0 aliphatic heterocycles. The third kappa shape index (κ3) is 9.04. The molecule has 0 aliphatic carbocycles. The number of benzene rings is 1. The molecule has 0 aliphatic rings. The molecule has 0 bridgehead atoms. The second-order valence-corrected chi connectivity index (χ2v) is 9.77. The van der Waals surface area contributed by atoms with Crippen LogP contribution in [0, 0.1) is 0 Å². The molecule has 1 heterocycles. The SMILES string of the molecule is C/C=C\C.NS(=O)(=O)c1nnc(NS(=O)(=O)c2ccc(NC(=O)/C=C\C(=O)O)cc2)s1. The van der Waals surface area contributed by atoms with E-state index in [0.29, 0.717) is 17.4 Å². The minimum atomic E-state index is -4.10. The number of hydrogen-bond donors (Lipinski definition) is 4. The zero-order chi connectivity index (χ0) is 23.7. The number of carbonyl (C=O) groups is 2. The zero-order valence-electron chi connectivity index (χ0n) is 16.2. The number of anilines is 2. The van der Waals surface area contributed by atoms with Crippen LogP contribution in [0.4, 0.5) is 10.8 Å². The smallest absolute Gasteiger partial charge is 0.328 e. The van der Waals surface area contributed by atoms with E-state index in [1.54, 1.807) is 0 Å². The fourth-order valence-corrected chi connectivity index (χ4v) is 4.15. The van der Waals surface area contributed by atoms with Gasteiger partial charge in [-0.3, -0.25) is 9.52 Å². The molecule has 0 saturated carbocycles. The minimum Gasteiger partial charge on any atom is -0.478 e. The van der Waals surface area contributed by atoms with Crippen LogP contribution in [0.2, 0.25) is 0 Å². The number of nitrogens with zero attached hydrogens (tertiary/aromatic N) is 2. The van der Waals surface area contributed by atoms with E-state index in [-0.39, 0.29) is 15.7 Å². The summed E-state index contributed by atoms with van der Waals surface area (Å²) in [5, 5.41) is 22.0. The van der Waals surface area contributed by atoms with E-state index in [1.165, 1.54) is 24.3 Å². The molecule has 2 rings (SSSR count). The van der Waals surface area contributed by atoms with E-state index in [0.717, 1.165) is 6.08 Å². The van der Waals surface area contributed by atoms with Gasteiger partial charge in [-0.15, -0.1) is 10.2 Å². The van der Waals surface area contributed by atoms with Gasteiger partial charge in [-0.2, -0.15) is 0 Å². The Morgan fingerprint density at radius 3 is 2.06 bits per heavy atom. The second kappa shape index (κ2) is 11.3. The molecule has 31 heavy (non-hydrogen) atoms. The summed E-state index contributed by atoms with van der Waals surface area (Å²) in [7, 11) is -8.20. The third-order valence-electron chi connectivity index (χ3n) is 3.01. The minimum absolute atomic E-state index is 0.200. The largest absolute Gasteiger partial charge is 0.478 e. The lowest BCUT2D eigenvalue weighted by atomic mass is 10.3. The van der Waals surface area contributed by atoms with E-state index in [9.17, 15) is 26.4 Å². The van der Waals surface area contributed by atoms with Crippen LogP contribution in [-0.2, 0) is 29.6 Å². The molecular weight excluding hydrogens is 470 g/mol. The van der Waals surface area contributed by atoms with Gasteiger partial charge in [0.2, 0.25) is 15.4 Å². The summed E-state index contributed by atoms with van der Waals surface area (Å²) in [6, 6.07) is 4.88. The Kier molecular flexibility index (Phi) is 9.44. The van der Waals surface area contributed by atoms with Gasteiger partial charge in [0.15, 0.2) is 0 Å². The molecule has 0 radical (unpaired) electrons. The first kappa shape index (κ1) is 25.9. The van der Waals surface area contributed by atoms with Crippen LogP contribution < -0.4 is 15.2 Å². The van der Waals surface area contributed by atoms with Gasteiger partial charge in [-0.1, -0.05) is 23.5 Å². The highest BCUT2D eigenvalue weighted by Gasteiger charge is 2.20. The maximum Gasteiger partial charge on any atom is 0.328 e. The Balaban J connectivity index is 0.00000110. The van der Waals surface area contributed by atoms with Crippen LogP contribution in [0.25, 0.3) is 0 Å². The number of rotatable bonds is 7. The number of primary sulfonamides is 1. The number of sulfonamides is 2. The van der Waals surface area contributed by atoms with Crippen LogP contribution in [0.5, 0.6) is 0 Å². The van der Waals surface area contributed by atoms with Crippen molar-refractivity contribution in [1.82, 2.24) is 10.2 Å². The van der Waals surface area contributed by atoms with E-state index in [1.807, 2.05) is 26.0 Å². The van der Waals surface area contributed by atoms with Gasteiger partial charge in [0, 0.05) is 17.8 Å². The highest BCUT2D eigenvalue weighted by Crippen LogP contribution is 2.22. The van der Waals surface area contributed by atoms with E-state index >= 15 is 0 Å². The molecule has 15 heteroatoms. The van der Waals surface area contributed by atoms with Crippen molar-refractivity contribution in [3.63, 3.8) is 0 Å². The first-order valence-electron chi connectivity index (χ1n) is 8.17. The van der Waals surface area contributed by atoms with Crippen LogP contribution in [0.15, 0.2) is 57.8 Å². The molecule has 0 atom stereocenters. The predicted molar refractivity (Wildman–Crippen MR) is 114 cm³/mol. The van der Waals surface area contributed by atoms with Gasteiger partial charge in [-0.25, -0.2) is 26.8 Å². The number of nitrogens with one attached hydrogen (secondary N) is 2. The first-order chi connectivity index (χ1) is 14.4. The van der Waals surface area contributed by atoms with Crippen LogP contribution >= 0.6 is 11.3 Å². The summed E-state index contributed by atoms with van der Waals surface area (Å²) >= 11 is 0.443. The first-order valence-corrected chi connectivity index (χ1v) is 12.0. The number of carboxylic acids is 1. The lowest BCUT2D eigenvalue weighted by Gasteiger charge is -2.06. The fourth-order valence-electron chi connectivity index (χ4n) is 1.59. The summed E-state index contributed by atoms with van der Waals surface area (Å²) < 4.78 is 48.3. The van der Waals surface area contributed by atoms with Crippen LogP contribution in [0.3, 0.4) is 0 Å². The number of hydrogen-bond acceptors (Lipinski definition) is 9. The number of aliphatic carboxylic acids is 1. The van der Waals surface area contributed by atoms with Crippen molar-refractivity contribution in [3.05, 3.63) is 48.6 Å². The molecule has 1 aromatic carbocycles. The van der Waals surface area contributed by atoms with Crippen molar-refractivity contribution in [2.75, 3.05) is 10.0 Å². The van der Waals surface area contributed by atoms with Gasteiger partial charge in [0.05, 0.1) is 4.90 Å². The number of aromatic nitrogens is 2. The van der Waals surface area contributed by atoms with Crippen molar-refractivity contribution in [2.24, 2.45) is 5.14 Å². The molecular formula is C16H19N5O7S3. The zero-order valence-corrected chi connectivity index (χ0v) is 18.7. The van der Waals surface area contributed by atoms with Gasteiger partial charge >= 0.3 is 5.97 Å². The highest BCUT2D eigenvalue weighted by atomic mass is 32.2.